The van der Waals surface area contributed by atoms with Crippen LogP contribution in [0.4, 0.5) is 5.00 Å². The second kappa shape index (κ2) is 8.94. The molecular formula is C24H18N2O4S. The molecule has 31 heavy (non-hydrogen) atoms. The summed E-state index contributed by atoms with van der Waals surface area (Å²) in [6.07, 6.45) is 2.76. The largest absolute Gasteiger partial charge is 0.452 e. The average Bonchev–Trinajstić information content (AvgIpc) is 3.38. The van der Waals surface area contributed by atoms with E-state index in [1.807, 2.05) is 0 Å². The Kier molecular flexibility index (Phi) is 5.92. The SMILES string of the molecule is N#Cc1c(NC(=O)COC(=O)c2ccccc2C(=O)c2ccccc2)sc2c1CCC2. The summed E-state index contributed by atoms with van der Waals surface area (Å²) in [5.41, 5.74) is 2.26. The normalized spacial score (nSPS) is 12.0. The molecule has 0 saturated carbocycles. The van der Waals surface area contributed by atoms with Crippen molar-refractivity contribution in [1.82, 2.24) is 0 Å². The number of carbonyl (C=O) groups is 3. The van der Waals surface area contributed by atoms with Crippen LogP contribution < -0.4 is 5.32 Å². The lowest BCUT2D eigenvalue weighted by Crippen LogP contribution is -2.22. The fourth-order valence-corrected chi connectivity index (χ4v) is 4.84. The molecule has 0 unspecified atom stereocenters. The van der Waals surface area contributed by atoms with Crippen molar-refractivity contribution in [1.29, 1.82) is 5.26 Å². The van der Waals surface area contributed by atoms with Gasteiger partial charge in [-0.05, 0) is 30.9 Å². The molecule has 1 heterocycles. The standard InChI is InChI=1S/C24H18N2O4S/c25-13-19-16-11-6-12-20(16)31-23(19)26-21(27)14-30-24(29)18-10-5-4-9-17(18)22(28)15-7-2-1-3-8-15/h1-5,7-10H,6,11-12,14H2,(H,26,27). The smallest absolute Gasteiger partial charge is 0.339 e. The molecule has 0 atom stereocenters. The first-order valence-corrected chi connectivity index (χ1v) is 10.6. The fraction of sp³-hybridized carbons (Fsp3) is 0.167. The first kappa shape index (κ1) is 20.5. The van der Waals surface area contributed by atoms with E-state index in [9.17, 15) is 19.6 Å². The van der Waals surface area contributed by atoms with Crippen molar-refractivity contribution >= 4 is 34.0 Å². The van der Waals surface area contributed by atoms with Crippen molar-refractivity contribution in [3.63, 3.8) is 0 Å². The van der Waals surface area contributed by atoms with Crippen LogP contribution >= 0.6 is 11.3 Å². The van der Waals surface area contributed by atoms with Gasteiger partial charge in [-0.15, -0.1) is 11.3 Å². The summed E-state index contributed by atoms with van der Waals surface area (Å²) in [5.74, 6) is -1.59. The van der Waals surface area contributed by atoms with Crippen molar-refractivity contribution in [3.05, 3.63) is 87.3 Å². The number of thiophene rings is 1. The molecule has 7 heteroatoms. The maximum atomic E-state index is 12.8. The number of benzene rings is 2. The van der Waals surface area contributed by atoms with E-state index < -0.39 is 18.5 Å². The van der Waals surface area contributed by atoms with E-state index in [-0.39, 0.29) is 16.9 Å². The number of ketones is 1. The fourth-order valence-electron chi connectivity index (χ4n) is 3.59. The predicted molar refractivity (Wildman–Crippen MR) is 116 cm³/mol. The minimum absolute atomic E-state index is 0.0944. The number of hydrogen-bond acceptors (Lipinski definition) is 6. The molecule has 0 aliphatic heterocycles. The van der Waals surface area contributed by atoms with E-state index in [1.165, 1.54) is 17.4 Å². The first-order chi connectivity index (χ1) is 15.1. The minimum atomic E-state index is -0.760. The number of amides is 1. The summed E-state index contributed by atoms with van der Waals surface area (Å²) in [6, 6.07) is 17.1. The zero-order valence-electron chi connectivity index (χ0n) is 16.5. The Morgan fingerprint density at radius 3 is 2.45 bits per heavy atom. The maximum absolute atomic E-state index is 12.8. The zero-order chi connectivity index (χ0) is 21.8. The van der Waals surface area contributed by atoms with Crippen molar-refractivity contribution in [2.24, 2.45) is 0 Å². The first-order valence-electron chi connectivity index (χ1n) is 9.79. The molecule has 1 aliphatic rings. The Hall–Kier alpha value is -3.76. The van der Waals surface area contributed by atoms with Gasteiger partial charge in [0.1, 0.15) is 11.1 Å². The molecule has 1 aliphatic carbocycles. The molecule has 154 valence electrons. The van der Waals surface area contributed by atoms with Crippen LogP contribution in [-0.4, -0.2) is 24.3 Å². The van der Waals surface area contributed by atoms with Crippen LogP contribution in [0.1, 0.15) is 48.7 Å². The number of aryl methyl sites for hydroxylation is 1. The van der Waals surface area contributed by atoms with Crippen molar-refractivity contribution in [2.75, 3.05) is 11.9 Å². The van der Waals surface area contributed by atoms with E-state index in [1.54, 1.807) is 48.5 Å². The topological polar surface area (TPSA) is 96.3 Å². The van der Waals surface area contributed by atoms with Gasteiger partial charge in [-0.3, -0.25) is 9.59 Å². The third-order valence-electron chi connectivity index (χ3n) is 5.05. The van der Waals surface area contributed by atoms with Gasteiger partial charge < -0.3 is 10.1 Å². The number of carbonyl (C=O) groups excluding carboxylic acids is 3. The molecule has 0 spiro atoms. The molecule has 1 N–H and O–H groups in total. The highest BCUT2D eigenvalue weighted by Gasteiger charge is 2.24. The van der Waals surface area contributed by atoms with Gasteiger partial charge in [-0.25, -0.2) is 4.79 Å². The van der Waals surface area contributed by atoms with E-state index in [0.29, 0.717) is 16.1 Å². The molecule has 0 fully saturated rings. The molecule has 3 aromatic rings. The van der Waals surface area contributed by atoms with Gasteiger partial charge in [-0.1, -0.05) is 48.5 Å². The van der Waals surface area contributed by atoms with Crippen LogP contribution in [0, 0.1) is 11.3 Å². The Labute approximate surface area is 183 Å². The molecule has 2 aromatic carbocycles. The molecule has 4 rings (SSSR count). The summed E-state index contributed by atoms with van der Waals surface area (Å²) in [6.45, 7) is -0.514. The van der Waals surface area contributed by atoms with Gasteiger partial charge in [-0.2, -0.15) is 5.26 Å². The summed E-state index contributed by atoms with van der Waals surface area (Å²) in [7, 11) is 0. The van der Waals surface area contributed by atoms with Crippen LogP contribution in [0.5, 0.6) is 0 Å². The van der Waals surface area contributed by atoms with Gasteiger partial charge in [0.15, 0.2) is 12.4 Å². The quantitative estimate of drug-likeness (QED) is 0.468. The summed E-state index contributed by atoms with van der Waals surface area (Å²) in [4.78, 5) is 38.8. The Morgan fingerprint density at radius 2 is 1.71 bits per heavy atom. The van der Waals surface area contributed by atoms with Crippen molar-refractivity contribution in [3.8, 4) is 6.07 Å². The highest BCUT2D eigenvalue weighted by molar-refractivity contribution is 7.16. The molecule has 1 aromatic heterocycles. The highest BCUT2D eigenvalue weighted by Crippen LogP contribution is 2.38. The number of nitrogens with zero attached hydrogens (tertiary/aromatic N) is 1. The van der Waals surface area contributed by atoms with Crippen LogP contribution in [0.3, 0.4) is 0 Å². The average molecular weight is 430 g/mol. The number of hydrogen-bond donors (Lipinski definition) is 1. The number of anilines is 1. The molecule has 6 nitrogen and oxygen atoms in total. The monoisotopic (exact) mass is 430 g/mol. The lowest BCUT2D eigenvalue weighted by molar-refractivity contribution is -0.119. The number of ether oxygens (including phenoxy) is 1. The summed E-state index contributed by atoms with van der Waals surface area (Å²) < 4.78 is 5.16. The minimum Gasteiger partial charge on any atom is -0.452 e. The molecule has 0 radical (unpaired) electrons. The lowest BCUT2D eigenvalue weighted by atomic mass is 9.98. The third kappa shape index (κ3) is 4.25. The second-order valence-electron chi connectivity index (χ2n) is 7.04. The second-order valence-corrected chi connectivity index (χ2v) is 8.14. The van der Waals surface area contributed by atoms with Crippen LogP contribution in [-0.2, 0) is 22.4 Å². The van der Waals surface area contributed by atoms with Crippen LogP contribution in [0.2, 0.25) is 0 Å². The van der Waals surface area contributed by atoms with Gasteiger partial charge in [0.05, 0.1) is 11.1 Å². The van der Waals surface area contributed by atoms with E-state index in [2.05, 4.69) is 11.4 Å². The van der Waals surface area contributed by atoms with E-state index in [0.717, 1.165) is 29.7 Å². The van der Waals surface area contributed by atoms with Gasteiger partial charge in [0.2, 0.25) is 0 Å². The molecule has 0 saturated heterocycles. The Balaban J connectivity index is 1.44. The molecule has 0 bridgehead atoms. The maximum Gasteiger partial charge on any atom is 0.339 e. The number of nitrogens with one attached hydrogen (secondary N) is 1. The molecular weight excluding hydrogens is 412 g/mol. The summed E-state index contributed by atoms with van der Waals surface area (Å²) >= 11 is 1.40. The number of fused-ring (bicyclic) bond motifs is 1. The van der Waals surface area contributed by atoms with Crippen LogP contribution in [0.25, 0.3) is 0 Å². The number of esters is 1. The Morgan fingerprint density at radius 1 is 1.00 bits per heavy atom. The third-order valence-corrected chi connectivity index (χ3v) is 6.26. The number of nitriles is 1. The van der Waals surface area contributed by atoms with Crippen molar-refractivity contribution in [2.45, 2.75) is 19.3 Å². The zero-order valence-corrected chi connectivity index (χ0v) is 17.3. The highest BCUT2D eigenvalue weighted by atomic mass is 32.1. The van der Waals surface area contributed by atoms with Gasteiger partial charge >= 0.3 is 5.97 Å². The van der Waals surface area contributed by atoms with Gasteiger partial charge in [0, 0.05) is 16.0 Å². The predicted octanol–water partition coefficient (Wildman–Crippen LogP) is 4.13. The van der Waals surface area contributed by atoms with Gasteiger partial charge in [0.25, 0.3) is 5.91 Å². The van der Waals surface area contributed by atoms with Crippen molar-refractivity contribution < 1.29 is 19.1 Å². The van der Waals surface area contributed by atoms with E-state index >= 15 is 0 Å². The molecule has 1 amide bonds. The van der Waals surface area contributed by atoms with E-state index in [4.69, 9.17) is 4.74 Å². The number of rotatable bonds is 6. The summed E-state index contributed by atoms with van der Waals surface area (Å²) in [5, 5.41) is 12.6. The Bertz CT molecular complexity index is 1210. The lowest BCUT2D eigenvalue weighted by Gasteiger charge is -2.09. The van der Waals surface area contributed by atoms with Crippen LogP contribution in [0.15, 0.2) is 54.6 Å².